The summed E-state index contributed by atoms with van der Waals surface area (Å²) in [6, 6.07) is 0. The van der Waals surface area contributed by atoms with Crippen LogP contribution in [-0.2, 0) is 0 Å². The molecule has 0 unspecified atom stereocenters. The average Bonchev–Trinajstić information content (AvgIpc) is 2.87. The molecule has 0 atom stereocenters. The van der Waals surface area contributed by atoms with Crippen LogP contribution in [0, 0.1) is 24.4 Å². The summed E-state index contributed by atoms with van der Waals surface area (Å²) in [5.74, 6) is -6.34. The van der Waals surface area contributed by atoms with Crippen LogP contribution in [0.2, 0.25) is 0 Å². The number of nitrogens with two attached hydrogens (primary N) is 1. The number of hydrogen-bond acceptors (Lipinski definition) is 3. The third-order valence-corrected chi connectivity index (χ3v) is 4.25. The Labute approximate surface area is 140 Å². The second kappa shape index (κ2) is 6.30. The number of piperidine rings is 1. The molecule has 0 radical (unpaired) electrons. The van der Waals surface area contributed by atoms with E-state index in [-0.39, 0.29) is 11.2 Å². The molecule has 2 amide bonds. The number of primary amides is 1. The zero-order chi connectivity index (χ0) is 18.3. The molecule has 9 heteroatoms. The Morgan fingerprint density at radius 3 is 2.32 bits per heavy atom. The van der Waals surface area contributed by atoms with Crippen molar-refractivity contribution in [1.29, 1.82) is 0 Å². The molecule has 0 spiro atoms. The van der Waals surface area contributed by atoms with Gasteiger partial charge in [-0.05, 0) is 26.2 Å². The summed E-state index contributed by atoms with van der Waals surface area (Å²) in [4.78, 5) is 27.4. The van der Waals surface area contributed by atoms with E-state index >= 15 is 0 Å². The maximum absolute atomic E-state index is 14.4. The molecule has 1 fully saturated rings. The quantitative estimate of drug-likeness (QED) is 0.868. The van der Waals surface area contributed by atoms with Crippen molar-refractivity contribution < 1.29 is 27.5 Å². The van der Waals surface area contributed by atoms with Crippen LogP contribution in [0.15, 0.2) is 0 Å². The fourth-order valence-corrected chi connectivity index (χ4v) is 2.99. The molecule has 0 saturated carbocycles. The van der Waals surface area contributed by atoms with Gasteiger partial charge in [0, 0.05) is 18.8 Å². The van der Waals surface area contributed by atoms with Crippen LogP contribution in [0.4, 0.5) is 18.0 Å². The highest BCUT2D eigenvalue weighted by Gasteiger charge is 2.31. The minimum Gasteiger partial charge on any atom is -0.406 e. The maximum atomic E-state index is 14.4. The Kier molecular flexibility index (Phi) is 4.32. The van der Waals surface area contributed by atoms with Gasteiger partial charge in [0.1, 0.15) is 5.56 Å². The normalized spacial score (nSPS) is 14.8. The fourth-order valence-electron chi connectivity index (χ4n) is 2.99. The average molecular weight is 355 g/mol. The van der Waals surface area contributed by atoms with Crippen molar-refractivity contribution in [2.75, 3.05) is 13.1 Å². The summed E-state index contributed by atoms with van der Waals surface area (Å²) in [6.07, 6.45) is 1.58. The molecule has 3 rings (SSSR count). The SMILES string of the molecule is Cc1[nH]c2c(C(N)=O)c(F)c(F)c(OC(=O)N3CCCCC3)c2c1F. The van der Waals surface area contributed by atoms with Gasteiger partial charge in [0.05, 0.1) is 10.9 Å². The molecule has 6 nitrogen and oxygen atoms in total. The molecule has 1 aliphatic rings. The van der Waals surface area contributed by atoms with Crippen LogP contribution in [0.5, 0.6) is 5.75 Å². The second-order valence-corrected chi connectivity index (χ2v) is 5.93. The smallest absolute Gasteiger partial charge is 0.406 e. The third kappa shape index (κ3) is 2.79. The number of carbonyl (C=O) groups excluding carboxylic acids is 2. The molecule has 1 aromatic heterocycles. The molecule has 134 valence electrons. The third-order valence-electron chi connectivity index (χ3n) is 4.25. The van der Waals surface area contributed by atoms with Crippen molar-refractivity contribution in [2.24, 2.45) is 5.73 Å². The van der Waals surface area contributed by atoms with Crippen LogP contribution in [-0.4, -0.2) is 35.0 Å². The number of nitrogens with zero attached hydrogens (tertiary/aromatic N) is 1. The topological polar surface area (TPSA) is 88.4 Å². The Bertz CT molecular complexity index is 873. The van der Waals surface area contributed by atoms with Crippen LogP contribution in [0.3, 0.4) is 0 Å². The fraction of sp³-hybridized carbons (Fsp3) is 0.375. The van der Waals surface area contributed by atoms with E-state index in [4.69, 9.17) is 10.5 Å². The van der Waals surface area contributed by atoms with Crippen molar-refractivity contribution in [3.63, 3.8) is 0 Å². The van der Waals surface area contributed by atoms with E-state index in [2.05, 4.69) is 4.98 Å². The van der Waals surface area contributed by atoms with Crippen molar-refractivity contribution in [2.45, 2.75) is 26.2 Å². The van der Waals surface area contributed by atoms with E-state index in [9.17, 15) is 22.8 Å². The van der Waals surface area contributed by atoms with Crippen LogP contribution in [0.1, 0.15) is 35.3 Å². The lowest BCUT2D eigenvalue weighted by atomic mass is 10.1. The standard InChI is InChI=1S/C16H16F3N3O3/c1-7-10(17)8-13(21-7)9(15(20)23)11(18)12(19)14(8)25-16(24)22-5-3-2-4-6-22/h21H,2-6H2,1H3,(H2,20,23). The Morgan fingerprint density at radius 1 is 1.08 bits per heavy atom. The first-order valence-electron chi connectivity index (χ1n) is 7.78. The van der Waals surface area contributed by atoms with Gasteiger partial charge in [-0.2, -0.15) is 4.39 Å². The number of aromatic amines is 1. The van der Waals surface area contributed by atoms with E-state index in [0.717, 1.165) is 19.3 Å². The first-order chi connectivity index (χ1) is 11.8. The molecule has 1 aliphatic heterocycles. The molecule has 2 aromatic rings. The number of ether oxygens (including phenoxy) is 1. The minimum absolute atomic E-state index is 0.0715. The van der Waals surface area contributed by atoms with Gasteiger partial charge in [-0.3, -0.25) is 4.79 Å². The second-order valence-electron chi connectivity index (χ2n) is 5.93. The monoisotopic (exact) mass is 355 g/mol. The van der Waals surface area contributed by atoms with Crippen molar-refractivity contribution >= 4 is 22.9 Å². The van der Waals surface area contributed by atoms with Gasteiger partial charge in [-0.15, -0.1) is 0 Å². The molecular weight excluding hydrogens is 339 g/mol. The molecular formula is C16H16F3N3O3. The van der Waals surface area contributed by atoms with E-state index in [1.165, 1.54) is 11.8 Å². The molecule has 0 bridgehead atoms. The van der Waals surface area contributed by atoms with Crippen LogP contribution >= 0.6 is 0 Å². The lowest BCUT2D eigenvalue weighted by Gasteiger charge is -2.26. The van der Waals surface area contributed by atoms with E-state index in [1.54, 1.807) is 0 Å². The van der Waals surface area contributed by atoms with E-state index < -0.39 is 46.2 Å². The molecule has 2 heterocycles. The van der Waals surface area contributed by atoms with Gasteiger partial charge < -0.3 is 20.4 Å². The lowest BCUT2D eigenvalue weighted by Crippen LogP contribution is -2.37. The lowest BCUT2D eigenvalue weighted by molar-refractivity contribution is 0.0997. The number of hydrogen-bond donors (Lipinski definition) is 2. The first-order valence-corrected chi connectivity index (χ1v) is 7.78. The molecule has 0 aliphatic carbocycles. The van der Waals surface area contributed by atoms with Gasteiger partial charge in [-0.25, -0.2) is 13.6 Å². The number of aryl methyl sites for hydroxylation is 1. The number of aromatic nitrogens is 1. The number of likely N-dealkylation sites (tertiary alicyclic amines) is 1. The van der Waals surface area contributed by atoms with Crippen LogP contribution in [0.25, 0.3) is 10.9 Å². The highest BCUT2D eigenvalue weighted by molar-refractivity contribution is 6.07. The Hall–Kier alpha value is -2.71. The van der Waals surface area contributed by atoms with Gasteiger partial charge in [0.2, 0.25) is 5.82 Å². The van der Waals surface area contributed by atoms with Crippen molar-refractivity contribution in [3.05, 3.63) is 28.7 Å². The molecule has 3 N–H and O–H groups in total. The number of fused-ring (bicyclic) bond motifs is 1. The Balaban J connectivity index is 2.14. The highest BCUT2D eigenvalue weighted by atomic mass is 19.2. The van der Waals surface area contributed by atoms with Crippen LogP contribution < -0.4 is 10.5 Å². The number of halogens is 3. The van der Waals surface area contributed by atoms with Crippen molar-refractivity contribution in [1.82, 2.24) is 9.88 Å². The summed E-state index contributed by atoms with van der Waals surface area (Å²) < 4.78 is 48.0. The number of H-pyrrole nitrogens is 1. The number of benzene rings is 1. The molecule has 1 saturated heterocycles. The van der Waals surface area contributed by atoms with Gasteiger partial charge in [0.15, 0.2) is 17.4 Å². The summed E-state index contributed by atoms with van der Waals surface area (Å²) in [5.41, 5.74) is 3.84. The molecule has 25 heavy (non-hydrogen) atoms. The minimum atomic E-state index is -1.63. The van der Waals surface area contributed by atoms with Gasteiger partial charge in [0.25, 0.3) is 5.91 Å². The zero-order valence-electron chi connectivity index (χ0n) is 13.4. The zero-order valence-corrected chi connectivity index (χ0v) is 13.4. The van der Waals surface area contributed by atoms with Crippen molar-refractivity contribution in [3.8, 4) is 5.75 Å². The molecule has 1 aromatic carbocycles. The number of amides is 2. The summed E-state index contributed by atoms with van der Waals surface area (Å²) >= 11 is 0. The first kappa shape index (κ1) is 17.1. The number of nitrogens with one attached hydrogen (secondary N) is 1. The largest absolute Gasteiger partial charge is 0.415 e. The highest BCUT2D eigenvalue weighted by Crippen LogP contribution is 2.37. The summed E-state index contributed by atoms with van der Waals surface area (Å²) in [5, 5.41) is -0.518. The number of rotatable bonds is 2. The van der Waals surface area contributed by atoms with E-state index in [0.29, 0.717) is 13.1 Å². The van der Waals surface area contributed by atoms with E-state index in [1.807, 2.05) is 0 Å². The summed E-state index contributed by atoms with van der Waals surface area (Å²) in [7, 11) is 0. The number of carbonyl (C=O) groups is 2. The van der Waals surface area contributed by atoms with Gasteiger partial charge >= 0.3 is 6.09 Å². The van der Waals surface area contributed by atoms with Gasteiger partial charge in [-0.1, -0.05) is 0 Å². The maximum Gasteiger partial charge on any atom is 0.415 e. The predicted molar refractivity (Wildman–Crippen MR) is 82.9 cm³/mol. The Morgan fingerprint density at radius 2 is 1.72 bits per heavy atom. The predicted octanol–water partition coefficient (Wildman–Crippen LogP) is 2.98. The summed E-state index contributed by atoms with van der Waals surface area (Å²) in [6.45, 7) is 2.15.